The Balaban J connectivity index is 1.16. The van der Waals surface area contributed by atoms with E-state index in [1.54, 1.807) is 0 Å². The molecule has 3 aliphatic rings. The van der Waals surface area contributed by atoms with Gasteiger partial charge in [-0.2, -0.15) is 0 Å². The van der Waals surface area contributed by atoms with Crippen molar-refractivity contribution >= 4 is 38.6 Å². The second-order valence-corrected chi connectivity index (χ2v) is 18.9. The quantitative estimate of drug-likeness (QED) is 0.175. The van der Waals surface area contributed by atoms with Crippen LogP contribution >= 0.6 is 0 Å². The molecule has 1 heterocycles. The molecule has 304 valence electrons. The average molecular weight is 820 g/mol. The predicted molar refractivity (Wildman–Crippen MR) is 268 cm³/mol. The minimum Gasteiger partial charge on any atom is -0.453 e. The molecule has 0 N–H and O–H groups in total. The van der Waals surface area contributed by atoms with Gasteiger partial charge in [-0.3, -0.25) is 0 Å². The number of anilines is 3. The number of benzene rings is 10. The summed E-state index contributed by atoms with van der Waals surface area (Å²) in [5.74, 6) is 1.70. The van der Waals surface area contributed by atoms with Gasteiger partial charge in [0.15, 0.2) is 11.5 Å². The van der Waals surface area contributed by atoms with Gasteiger partial charge in [-0.25, -0.2) is 0 Å². The molecule has 0 fully saturated rings. The molecule has 10 aromatic carbocycles. The van der Waals surface area contributed by atoms with Crippen LogP contribution in [0.15, 0.2) is 200 Å². The van der Waals surface area contributed by atoms with Gasteiger partial charge < -0.3 is 9.64 Å². The van der Waals surface area contributed by atoms with Gasteiger partial charge in [-0.05, 0) is 125 Å². The smallest absolute Gasteiger partial charge is 0.152 e. The number of rotatable bonds is 4. The largest absolute Gasteiger partial charge is 0.453 e. The molecule has 64 heavy (non-hydrogen) atoms. The maximum absolute atomic E-state index is 7.41. The number of ether oxygens (including phenoxy) is 1. The number of fused-ring (bicyclic) bond motifs is 12. The molecule has 0 radical (unpaired) electrons. The summed E-state index contributed by atoms with van der Waals surface area (Å²) in [6, 6.07) is 74.0. The van der Waals surface area contributed by atoms with Gasteiger partial charge in [0.05, 0.1) is 17.1 Å². The van der Waals surface area contributed by atoms with Gasteiger partial charge in [0.1, 0.15) is 0 Å². The van der Waals surface area contributed by atoms with Crippen LogP contribution in [-0.4, -0.2) is 0 Å². The molecule has 0 saturated carbocycles. The van der Waals surface area contributed by atoms with Crippen molar-refractivity contribution in [2.75, 3.05) is 4.90 Å². The number of hydrogen-bond acceptors (Lipinski definition) is 2. The highest BCUT2D eigenvalue weighted by molar-refractivity contribution is 6.08. The predicted octanol–water partition coefficient (Wildman–Crippen LogP) is 17.2. The molecule has 1 aliphatic heterocycles. The third kappa shape index (κ3) is 5.20. The summed E-state index contributed by atoms with van der Waals surface area (Å²) in [6.07, 6.45) is 0. The summed E-state index contributed by atoms with van der Waals surface area (Å²) in [4.78, 5) is 2.56. The Kier molecular flexibility index (Phi) is 7.74. The third-order valence-corrected chi connectivity index (χ3v) is 14.6. The van der Waals surface area contributed by atoms with Crippen LogP contribution in [-0.2, 0) is 10.8 Å². The van der Waals surface area contributed by atoms with Gasteiger partial charge in [0, 0.05) is 22.0 Å². The zero-order valence-electron chi connectivity index (χ0n) is 36.4. The Morgan fingerprint density at radius 1 is 0.344 bits per heavy atom. The van der Waals surface area contributed by atoms with Crippen LogP contribution in [0.2, 0.25) is 0 Å². The van der Waals surface area contributed by atoms with E-state index in [4.69, 9.17) is 4.74 Å². The summed E-state index contributed by atoms with van der Waals surface area (Å²) in [5.41, 5.74) is 20.1. The fourth-order valence-electron chi connectivity index (χ4n) is 11.4. The van der Waals surface area contributed by atoms with E-state index in [1.165, 1.54) is 77.2 Å². The van der Waals surface area contributed by atoms with Crippen molar-refractivity contribution in [2.45, 2.75) is 38.5 Å². The highest BCUT2D eigenvalue weighted by atomic mass is 16.5. The van der Waals surface area contributed by atoms with Crippen LogP contribution in [0.1, 0.15) is 49.9 Å². The molecule has 2 nitrogen and oxygen atoms in total. The first-order valence-electron chi connectivity index (χ1n) is 22.5. The van der Waals surface area contributed by atoms with E-state index >= 15 is 0 Å². The lowest BCUT2D eigenvalue weighted by molar-refractivity contribution is 0.476. The van der Waals surface area contributed by atoms with Gasteiger partial charge in [-0.15, -0.1) is 0 Å². The van der Waals surface area contributed by atoms with Crippen molar-refractivity contribution in [1.29, 1.82) is 0 Å². The summed E-state index contributed by atoms with van der Waals surface area (Å²) < 4.78 is 7.41. The van der Waals surface area contributed by atoms with E-state index in [2.05, 4.69) is 233 Å². The van der Waals surface area contributed by atoms with Crippen LogP contribution in [0.5, 0.6) is 11.5 Å². The fourth-order valence-corrected chi connectivity index (χ4v) is 11.4. The first-order chi connectivity index (χ1) is 31.3. The minimum absolute atomic E-state index is 0.250. The van der Waals surface area contributed by atoms with Crippen molar-refractivity contribution in [1.82, 2.24) is 0 Å². The first-order valence-corrected chi connectivity index (χ1v) is 22.5. The van der Waals surface area contributed by atoms with Crippen LogP contribution in [0.25, 0.3) is 77.2 Å². The molecule has 2 heteroatoms. The minimum atomic E-state index is -0.250. The van der Waals surface area contributed by atoms with E-state index in [0.717, 1.165) is 50.8 Å². The van der Waals surface area contributed by atoms with Crippen molar-refractivity contribution in [2.24, 2.45) is 0 Å². The van der Waals surface area contributed by atoms with E-state index < -0.39 is 0 Å². The first kappa shape index (κ1) is 36.9. The zero-order chi connectivity index (χ0) is 42.9. The highest BCUT2D eigenvalue weighted by Gasteiger charge is 2.43. The molecule has 0 aromatic heterocycles. The van der Waals surface area contributed by atoms with Gasteiger partial charge in [0.25, 0.3) is 0 Å². The molecule has 0 bridgehead atoms. The summed E-state index contributed by atoms with van der Waals surface area (Å²) in [7, 11) is 0. The average Bonchev–Trinajstić information content (AvgIpc) is 3.70. The monoisotopic (exact) mass is 819 g/mol. The van der Waals surface area contributed by atoms with E-state index in [0.29, 0.717) is 0 Å². The Labute approximate surface area is 374 Å². The maximum Gasteiger partial charge on any atom is 0.152 e. The lowest BCUT2D eigenvalue weighted by Gasteiger charge is -2.38. The molecule has 0 spiro atoms. The van der Waals surface area contributed by atoms with Crippen molar-refractivity contribution in [3.63, 3.8) is 0 Å². The fraction of sp³-hybridized carbons (Fsp3) is 0.0968. The van der Waals surface area contributed by atoms with Crippen LogP contribution in [0, 0.1) is 0 Å². The Hall–Kier alpha value is -7.68. The second-order valence-electron chi connectivity index (χ2n) is 18.9. The molecular weight excluding hydrogens is 775 g/mol. The third-order valence-electron chi connectivity index (χ3n) is 14.6. The maximum atomic E-state index is 7.41. The summed E-state index contributed by atoms with van der Waals surface area (Å²) in [6.45, 7) is 9.54. The van der Waals surface area contributed by atoms with Crippen LogP contribution in [0.3, 0.4) is 0 Å². The summed E-state index contributed by atoms with van der Waals surface area (Å²) in [5, 5.41) is 5.05. The molecule has 10 aromatic rings. The second kappa shape index (κ2) is 13.4. The molecule has 0 unspecified atom stereocenters. The van der Waals surface area contributed by atoms with E-state index in [1.807, 2.05) is 0 Å². The van der Waals surface area contributed by atoms with Crippen LogP contribution < -0.4 is 9.64 Å². The Bertz CT molecular complexity index is 3350. The molecule has 0 atom stereocenters. The standard InChI is InChI=1S/C62H45NO/c1-61(2)50-30-28-41-24-14-16-26-44(41)58(50)48-34-56-54(36-52(48)61)63(55-37-53-49(35-57(55)64-56)59-45-27-17-15-25-42(45)29-31-51(59)62(53,3)4)60-46(39-20-10-6-11-21-39)32-43(38-18-8-5-9-19-38)33-47(60)40-22-12-7-13-23-40/h5-37H,1-4H3. The molecule has 0 amide bonds. The summed E-state index contributed by atoms with van der Waals surface area (Å²) >= 11 is 0. The lowest BCUT2D eigenvalue weighted by Crippen LogP contribution is -2.21. The Morgan fingerprint density at radius 2 is 0.750 bits per heavy atom. The molecular formula is C62H45NO. The number of hydrogen-bond donors (Lipinski definition) is 0. The Morgan fingerprint density at radius 3 is 1.20 bits per heavy atom. The topological polar surface area (TPSA) is 12.5 Å². The molecule has 13 rings (SSSR count). The van der Waals surface area contributed by atoms with E-state index in [-0.39, 0.29) is 10.8 Å². The van der Waals surface area contributed by atoms with Crippen LogP contribution in [0.4, 0.5) is 17.1 Å². The molecule has 0 saturated heterocycles. The van der Waals surface area contributed by atoms with Gasteiger partial charge in [-0.1, -0.05) is 191 Å². The highest BCUT2D eigenvalue weighted by Crippen LogP contribution is 2.63. The number of nitrogens with zero attached hydrogens (tertiary/aromatic N) is 1. The van der Waals surface area contributed by atoms with Gasteiger partial charge in [0.2, 0.25) is 0 Å². The van der Waals surface area contributed by atoms with Crippen molar-refractivity contribution in [3.8, 4) is 67.1 Å². The normalized spacial score (nSPS) is 14.6. The lowest BCUT2D eigenvalue weighted by atomic mass is 9.81. The molecule has 2 aliphatic carbocycles. The SMILES string of the molecule is CC1(C)c2cc3c(cc2-c2c1ccc1ccccc21)Oc1cc2c(cc1N3c1c(-c3ccccc3)cc(-c3ccccc3)cc1-c1ccccc1)C(C)(C)c1ccc3ccccc3c1-2. The van der Waals surface area contributed by atoms with Crippen molar-refractivity contribution < 1.29 is 4.74 Å². The van der Waals surface area contributed by atoms with E-state index in [9.17, 15) is 0 Å². The van der Waals surface area contributed by atoms with Gasteiger partial charge >= 0.3 is 0 Å². The zero-order valence-corrected chi connectivity index (χ0v) is 36.4. The van der Waals surface area contributed by atoms with Crippen molar-refractivity contribution in [3.05, 3.63) is 222 Å².